The molecule has 0 aliphatic rings. The van der Waals surface area contributed by atoms with Crippen LogP contribution in [-0.2, 0) is 23.9 Å². The number of carbonyl (C=O) groups excluding carboxylic acids is 4. The molecule has 0 bridgehead atoms. The molecule has 0 aromatic rings. The Labute approximate surface area is 159 Å². The van der Waals surface area contributed by atoms with Crippen molar-refractivity contribution >= 4 is 35.4 Å². The lowest BCUT2D eigenvalue weighted by Gasteiger charge is -2.21. The van der Waals surface area contributed by atoms with Crippen molar-refractivity contribution in [3.63, 3.8) is 0 Å². The van der Waals surface area contributed by atoms with Crippen molar-refractivity contribution in [3.05, 3.63) is 0 Å². The molecule has 2 amide bonds. The van der Waals surface area contributed by atoms with Gasteiger partial charge in [-0.25, -0.2) is 4.79 Å². The van der Waals surface area contributed by atoms with E-state index < -0.39 is 41.0 Å². The van der Waals surface area contributed by atoms with E-state index in [2.05, 4.69) is 10.6 Å². The number of halogens is 1. The lowest BCUT2D eigenvalue weighted by molar-refractivity contribution is -0.155. The Bertz CT molecular complexity index is 522. The second kappa shape index (κ2) is 10.4. The first kappa shape index (κ1) is 24.2. The van der Waals surface area contributed by atoms with Gasteiger partial charge >= 0.3 is 12.1 Å². The predicted octanol–water partition coefficient (Wildman–Crippen LogP) is 1.93. The lowest BCUT2D eigenvalue weighted by atomic mass is 10.1. The van der Waals surface area contributed by atoms with Crippen LogP contribution in [0.4, 0.5) is 4.79 Å². The van der Waals surface area contributed by atoms with Crippen LogP contribution in [0.25, 0.3) is 0 Å². The zero-order valence-electron chi connectivity index (χ0n) is 16.2. The molecule has 1 atom stereocenters. The third kappa shape index (κ3) is 12.5. The molecule has 9 heteroatoms. The van der Waals surface area contributed by atoms with E-state index in [-0.39, 0.29) is 25.3 Å². The summed E-state index contributed by atoms with van der Waals surface area (Å²) < 4.78 is 10.2. The average molecular weight is 393 g/mol. The van der Waals surface area contributed by atoms with Crippen LogP contribution in [0.2, 0.25) is 0 Å². The molecule has 26 heavy (non-hydrogen) atoms. The molecule has 0 fully saturated rings. The van der Waals surface area contributed by atoms with Gasteiger partial charge < -0.3 is 20.1 Å². The van der Waals surface area contributed by atoms with Gasteiger partial charge in [0.15, 0.2) is 5.78 Å². The van der Waals surface area contributed by atoms with Gasteiger partial charge in [0.25, 0.3) is 0 Å². The molecular formula is C17H29ClN2O6. The Hall–Kier alpha value is -1.83. The highest BCUT2D eigenvalue weighted by Gasteiger charge is 2.24. The van der Waals surface area contributed by atoms with Crippen LogP contribution >= 0.6 is 11.6 Å². The molecule has 0 aliphatic carbocycles. The number of alkyl carbamates (subject to hydrolysis) is 1. The van der Waals surface area contributed by atoms with Crippen molar-refractivity contribution in [1.29, 1.82) is 0 Å². The Morgan fingerprint density at radius 1 is 0.962 bits per heavy atom. The third-order valence-electron chi connectivity index (χ3n) is 2.70. The Morgan fingerprint density at radius 2 is 1.50 bits per heavy atom. The summed E-state index contributed by atoms with van der Waals surface area (Å²) in [5.74, 6) is -1.81. The summed E-state index contributed by atoms with van der Waals surface area (Å²) in [4.78, 5) is 47.1. The van der Waals surface area contributed by atoms with Gasteiger partial charge in [-0.15, -0.1) is 11.6 Å². The fourth-order valence-electron chi connectivity index (χ4n) is 1.77. The third-order valence-corrected chi connectivity index (χ3v) is 2.97. The SMILES string of the molecule is CC(C)(C)OC(=O)CC[C@H](NC(=O)CNC(=O)OC(C)(C)C)C(=O)CCl. The molecular weight excluding hydrogens is 364 g/mol. The number of rotatable bonds is 8. The average Bonchev–Trinajstić information content (AvgIpc) is 2.45. The topological polar surface area (TPSA) is 111 Å². The molecule has 2 N–H and O–H groups in total. The van der Waals surface area contributed by atoms with E-state index in [4.69, 9.17) is 21.1 Å². The molecule has 150 valence electrons. The summed E-state index contributed by atoms with van der Waals surface area (Å²) in [5.41, 5.74) is -1.32. The van der Waals surface area contributed by atoms with Crippen LogP contribution in [0.3, 0.4) is 0 Å². The van der Waals surface area contributed by atoms with Crippen LogP contribution in [0.15, 0.2) is 0 Å². The van der Waals surface area contributed by atoms with Gasteiger partial charge in [-0.2, -0.15) is 0 Å². The number of hydrogen-bond acceptors (Lipinski definition) is 6. The number of Topliss-reactive ketones (excluding diaryl/α,β-unsaturated/α-hetero) is 1. The molecule has 0 rings (SSSR count). The summed E-state index contributed by atoms with van der Waals surface area (Å²) in [6, 6.07) is -0.937. The molecule has 0 aromatic carbocycles. The van der Waals surface area contributed by atoms with Gasteiger partial charge in [0.2, 0.25) is 5.91 Å². The second-order valence-electron chi connectivity index (χ2n) is 7.70. The summed E-state index contributed by atoms with van der Waals surface area (Å²) in [6.07, 6.45) is -0.746. The Kier molecular flexibility index (Phi) is 9.62. The zero-order valence-corrected chi connectivity index (χ0v) is 17.0. The monoisotopic (exact) mass is 392 g/mol. The Balaban J connectivity index is 4.53. The number of ether oxygens (including phenoxy) is 2. The van der Waals surface area contributed by atoms with Crippen molar-refractivity contribution < 1.29 is 28.7 Å². The van der Waals surface area contributed by atoms with Gasteiger partial charge in [0, 0.05) is 6.42 Å². The smallest absolute Gasteiger partial charge is 0.408 e. The van der Waals surface area contributed by atoms with Crippen molar-refractivity contribution in [2.24, 2.45) is 0 Å². The first-order valence-corrected chi connectivity index (χ1v) is 8.83. The molecule has 0 heterocycles. The minimum absolute atomic E-state index is 0.0513. The van der Waals surface area contributed by atoms with Crippen molar-refractivity contribution in [3.8, 4) is 0 Å². The number of esters is 1. The fourth-order valence-corrected chi connectivity index (χ4v) is 1.96. The first-order chi connectivity index (χ1) is 11.7. The molecule has 0 saturated heterocycles. The van der Waals surface area contributed by atoms with E-state index in [1.807, 2.05) is 0 Å². The highest BCUT2D eigenvalue weighted by atomic mass is 35.5. The van der Waals surface area contributed by atoms with E-state index in [1.54, 1.807) is 41.5 Å². The largest absolute Gasteiger partial charge is 0.460 e. The molecule has 0 radical (unpaired) electrons. The van der Waals surface area contributed by atoms with Crippen molar-refractivity contribution in [2.45, 2.75) is 71.6 Å². The fraction of sp³-hybridized carbons (Fsp3) is 0.765. The molecule has 0 saturated carbocycles. The number of carbonyl (C=O) groups is 4. The standard InChI is InChI=1S/C17H29ClN2O6/c1-16(2,3)25-14(23)8-7-11(12(21)9-18)20-13(22)10-19-15(24)26-17(4,5)6/h11H,7-10H2,1-6H3,(H,19,24)(H,20,22)/t11-/m0/s1. The van der Waals surface area contributed by atoms with Crippen molar-refractivity contribution in [2.75, 3.05) is 12.4 Å². The lowest BCUT2D eigenvalue weighted by Crippen LogP contribution is -2.47. The summed E-state index contributed by atoms with van der Waals surface area (Å²) >= 11 is 5.55. The number of nitrogens with one attached hydrogen (secondary N) is 2. The number of ketones is 1. The van der Waals surface area contributed by atoms with E-state index >= 15 is 0 Å². The van der Waals surface area contributed by atoms with E-state index in [9.17, 15) is 19.2 Å². The van der Waals surface area contributed by atoms with Gasteiger partial charge in [0.1, 0.15) is 17.7 Å². The predicted molar refractivity (Wildman–Crippen MR) is 97.0 cm³/mol. The molecule has 0 aromatic heterocycles. The summed E-state index contributed by atoms with van der Waals surface area (Å²) in [5, 5.41) is 4.74. The zero-order chi connectivity index (χ0) is 20.5. The van der Waals surface area contributed by atoms with Gasteiger partial charge in [-0.05, 0) is 48.0 Å². The van der Waals surface area contributed by atoms with Crippen LogP contribution in [0.5, 0.6) is 0 Å². The number of alkyl halides is 1. The minimum atomic E-state index is -0.937. The maximum Gasteiger partial charge on any atom is 0.408 e. The van der Waals surface area contributed by atoms with Crippen LogP contribution in [0.1, 0.15) is 54.4 Å². The molecule has 0 spiro atoms. The highest BCUT2D eigenvalue weighted by molar-refractivity contribution is 6.28. The minimum Gasteiger partial charge on any atom is -0.460 e. The van der Waals surface area contributed by atoms with Crippen LogP contribution in [-0.4, -0.2) is 53.4 Å². The summed E-state index contributed by atoms with van der Waals surface area (Å²) in [7, 11) is 0. The molecule has 0 unspecified atom stereocenters. The highest BCUT2D eigenvalue weighted by Crippen LogP contribution is 2.11. The maximum absolute atomic E-state index is 11.9. The number of amides is 2. The first-order valence-electron chi connectivity index (χ1n) is 8.30. The molecule has 0 aliphatic heterocycles. The summed E-state index contributed by atoms with van der Waals surface area (Å²) in [6.45, 7) is 9.91. The molecule has 8 nitrogen and oxygen atoms in total. The van der Waals surface area contributed by atoms with Crippen molar-refractivity contribution in [1.82, 2.24) is 10.6 Å². The quantitative estimate of drug-likeness (QED) is 0.482. The number of hydrogen-bond donors (Lipinski definition) is 2. The van der Waals surface area contributed by atoms with Gasteiger partial charge in [0.05, 0.1) is 11.9 Å². The second-order valence-corrected chi connectivity index (χ2v) is 7.97. The van der Waals surface area contributed by atoms with E-state index in [1.165, 1.54) is 0 Å². The Morgan fingerprint density at radius 3 is 1.96 bits per heavy atom. The van der Waals surface area contributed by atoms with Gasteiger partial charge in [-0.3, -0.25) is 14.4 Å². The van der Waals surface area contributed by atoms with E-state index in [0.29, 0.717) is 0 Å². The van der Waals surface area contributed by atoms with E-state index in [0.717, 1.165) is 0 Å². The van der Waals surface area contributed by atoms with Crippen LogP contribution < -0.4 is 10.6 Å². The maximum atomic E-state index is 11.9. The normalized spacial score (nSPS) is 12.7. The van der Waals surface area contributed by atoms with Crippen LogP contribution in [0, 0.1) is 0 Å². The van der Waals surface area contributed by atoms with Gasteiger partial charge in [-0.1, -0.05) is 0 Å².